The van der Waals surface area contributed by atoms with Gasteiger partial charge in [0.1, 0.15) is 17.2 Å². The average molecular weight is 486 g/mol. The van der Waals surface area contributed by atoms with E-state index in [4.69, 9.17) is 4.74 Å². The second kappa shape index (κ2) is 10.0. The van der Waals surface area contributed by atoms with Gasteiger partial charge in [-0.1, -0.05) is 60.7 Å². The zero-order valence-corrected chi connectivity index (χ0v) is 20.3. The molecule has 0 aliphatic carbocycles. The largest absolute Gasteiger partial charge is 0.487 e. The van der Waals surface area contributed by atoms with Gasteiger partial charge in [0.15, 0.2) is 0 Å². The third-order valence-corrected chi connectivity index (χ3v) is 8.60. The maximum absolute atomic E-state index is 13.4. The molecule has 0 atom stereocenters. The first-order valence-corrected chi connectivity index (χ1v) is 12.9. The highest BCUT2D eigenvalue weighted by Gasteiger charge is 2.32. The van der Waals surface area contributed by atoms with Crippen LogP contribution >= 0.6 is 11.3 Å². The van der Waals surface area contributed by atoms with Gasteiger partial charge in [-0.3, -0.25) is 4.79 Å². The number of rotatable bonds is 7. The van der Waals surface area contributed by atoms with Crippen molar-refractivity contribution in [2.45, 2.75) is 6.61 Å². The molecule has 1 fully saturated rings. The molecule has 2 heterocycles. The van der Waals surface area contributed by atoms with Crippen LogP contribution in [0.15, 0.2) is 66.7 Å². The highest BCUT2D eigenvalue weighted by molar-refractivity contribution is 7.86. The number of hydrogen-bond acceptors (Lipinski definition) is 5. The molecule has 1 aliphatic rings. The average Bonchev–Trinajstić information content (AvgIpc) is 3.28. The van der Waals surface area contributed by atoms with Crippen molar-refractivity contribution in [1.29, 1.82) is 0 Å². The Morgan fingerprint density at radius 2 is 1.58 bits per heavy atom. The van der Waals surface area contributed by atoms with E-state index in [1.54, 1.807) is 4.90 Å². The Morgan fingerprint density at radius 1 is 0.970 bits per heavy atom. The van der Waals surface area contributed by atoms with Gasteiger partial charge in [-0.25, -0.2) is 0 Å². The molecule has 2 aromatic carbocycles. The summed E-state index contributed by atoms with van der Waals surface area (Å²) in [7, 11) is -0.459. The number of carbonyl (C=O) groups excluding carboxylic acids is 1. The molecule has 3 aromatic rings. The SMILES string of the molecule is CN(C)S(=O)(=O)N1CCN(C(=O)c2sc(-c3ccccc3)cc2OCc2ccccc2)CC1. The topological polar surface area (TPSA) is 70.2 Å². The van der Waals surface area contributed by atoms with Crippen LogP contribution < -0.4 is 4.74 Å². The van der Waals surface area contributed by atoms with E-state index in [1.807, 2.05) is 66.7 Å². The lowest BCUT2D eigenvalue weighted by Gasteiger charge is -2.35. The van der Waals surface area contributed by atoms with Crippen LogP contribution in [0.2, 0.25) is 0 Å². The summed E-state index contributed by atoms with van der Waals surface area (Å²) in [5.74, 6) is 0.420. The Labute approximate surface area is 199 Å². The van der Waals surface area contributed by atoms with Gasteiger partial charge in [0.05, 0.1) is 0 Å². The lowest BCUT2D eigenvalue weighted by atomic mass is 10.2. The van der Waals surface area contributed by atoms with Crippen LogP contribution in [0.25, 0.3) is 10.4 Å². The van der Waals surface area contributed by atoms with E-state index in [0.717, 1.165) is 16.0 Å². The van der Waals surface area contributed by atoms with E-state index in [-0.39, 0.29) is 19.0 Å². The molecule has 0 unspecified atom stereocenters. The van der Waals surface area contributed by atoms with Crippen LogP contribution in [0.4, 0.5) is 0 Å². The van der Waals surface area contributed by atoms with Crippen molar-refractivity contribution < 1.29 is 17.9 Å². The van der Waals surface area contributed by atoms with Crippen molar-refractivity contribution in [3.05, 3.63) is 77.2 Å². The second-order valence-electron chi connectivity index (χ2n) is 7.93. The molecule has 33 heavy (non-hydrogen) atoms. The Balaban J connectivity index is 1.55. The molecule has 9 heteroatoms. The molecule has 0 N–H and O–H groups in total. The van der Waals surface area contributed by atoms with Gasteiger partial charge in [0.2, 0.25) is 0 Å². The fraction of sp³-hybridized carbons (Fsp3) is 0.292. The second-order valence-corrected chi connectivity index (χ2v) is 11.1. The summed E-state index contributed by atoms with van der Waals surface area (Å²) in [5, 5.41) is 0. The van der Waals surface area contributed by atoms with Crippen LogP contribution in [-0.2, 0) is 16.8 Å². The molecule has 1 amide bonds. The summed E-state index contributed by atoms with van der Waals surface area (Å²) < 4.78 is 33.5. The number of thiophene rings is 1. The Hall–Kier alpha value is -2.72. The van der Waals surface area contributed by atoms with Gasteiger partial charge < -0.3 is 9.64 Å². The summed E-state index contributed by atoms with van der Waals surface area (Å²) >= 11 is 1.40. The maximum Gasteiger partial charge on any atom is 0.281 e. The molecule has 7 nitrogen and oxygen atoms in total. The van der Waals surface area contributed by atoms with Crippen LogP contribution in [0.3, 0.4) is 0 Å². The van der Waals surface area contributed by atoms with Gasteiger partial charge in [0.25, 0.3) is 16.1 Å². The van der Waals surface area contributed by atoms with Crippen molar-refractivity contribution >= 4 is 27.5 Å². The van der Waals surface area contributed by atoms with Gasteiger partial charge >= 0.3 is 0 Å². The van der Waals surface area contributed by atoms with E-state index < -0.39 is 10.2 Å². The minimum absolute atomic E-state index is 0.132. The molecule has 0 spiro atoms. The number of nitrogens with zero attached hydrogens (tertiary/aromatic N) is 3. The first-order valence-electron chi connectivity index (χ1n) is 10.7. The summed E-state index contributed by atoms with van der Waals surface area (Å²) in [5.41, 5.74) is 2.04. The van der Waals surface area contributed by atoms with Gasteiger partial charge in [-0.15, -0.1) is 11.3 Å². The standard InChI is InChI=1S/C24H27N3O4S2/c1-25(2)33(29,30)27-15-13-26(14-16-27)24(28)23-21(31-18-19-9-5-3-6-10-19)17-22(32-23)20-11-7-4-8-12-20/h3-12,17H,13-16,18H2,1-2H3. The normalized spacial score (nSPS) is 15.1. The molecule has 1 aromatic heterocycles. The van der Waals surface area contributed by atoms with Crippen LogP contribution in [0.1, 0.15) is 15.2 Å². The summed E-state index contributed by atoms with van der Waals surface area (Å²) in [6, 6.07) is 21.6. The molecule has 174 valence electrons. The van der Waals surface area contributed by atoms with Crippen LogP contribution in [-0.4, -0.2) is 68.1 Å². The molecule has 1 saturated heterocycles. The zero-order chi connectivity index (χ0) is 23.4. The number of hydrogen-bond donors (Lipinski definition) is 0. The minimum Gasteiger partial charge on any atom is -0.487 e. The van der Waals surface area contributed by atoms with Crippen molar-refractivity contribution in [2.75, 3.05) is 40.3 Å². The van der Waals surface area contributed by atoms with Gasteiger partial charge in [0, 0.05) is 45.2 Å². The molecular formula is C24H27N3O4S2. The molecule has 0 bridgehead atoms. The van der Waals surface area contributed by atoms with Crippen LogP contribution in [0.5, 0.6) is 5.75 Å². The fourth-order valence-corrected chi connectivity index (χ4v) is 5.77. The molecule has 0 radical (unpaired) electrons. The molecular weight excluding hydrogens is 458 g/mol. The van der Waals surface area contributed by atoms with Crippen molar-refractivity contribution in [3.63, 3.8) is 0 Å². The lowest BCUT2D eigenvalue weighted by Crippen LogP contribution is -2.53. The molecule has 0 saturated carbocycles. The fourth-order valence-electron chi connectivity index (χ4n) is 3.61. The van der Waals surface area contributed by atoms with Crippen molar-refractivity contribution in [3.8, 4) is 16.2 Å². The van der Waals surface area contributed by atoms with E-state index in [9.17, 15) is 13.2 Å². The van der Waals surface area contributed by atoms with Gasteiger partial charge in [-0.2, -0.15) is 17.0 Å². The quantitative estimate of drug-likeness (QED) is 0.513. The predicted molar refractivity (Wildman–Crippen MR) is 131 cm³/mol. The number of amides is 1. The number of ether oxygens (including phenoxy) is 1. The first kappa shape index (κ1) is 23.4. The van der Waals surface area contributed by atoms with E-state index in [2.05, 4.69) is 0 Å². The van der Waals surface area contributed by atoms with Crippen molar-refractivity contribution in [2.24, 2.45) is 0 Å². The lowest BCUT2D eigenvalue weighted by molar-refractivity contribution is 0.0696. The van der Waals surface area contributed by atoms with E-state index >= 15 is 0 Å². The van der Waals surface area contributed by atoms with E-state index in [1.165, 1.54) is 34.0 Å². The first-order chi connectivity index (χ1) is 15.9. The molecule has 1 aliphatic heterocycles. The third kappa shape index (κ3) is 5.27. The summed E-state index contributed by atoms with van der Waals surface area (Å²) in [6.45, 7) is 1.57. The number of carbonyl (C=O) groups is 1. The zero-order valence-electron chi connectivity index (χ0n) is 18.7. The minimum atomic E-state index is -3.49. The third-order valence-electron chi connectivity index (χ3n) is 5.50. The Bertz CT molecular complexity index is 1190. The van der Waals surface area contributed by atoms with Crippen molar-refractivity contribution in [1.82, 2.24) is 13.5 Å². The highest BCUT2D eigenvalue weighted by atomic mass is 32.2. The van der Waals surface area contributed by atoms with Crippen LogP contribution in [0, 0.1) is 0 Å². The Morgan fingerprint density at radius 3 is 2.18 bits per heavy atom. The van der Waals surface area contributed by atoms with Gasteiger partial charge in [-0.05, 0) is 17.2 Å². The summed E-state index contributed by atoms with van der Waals surface area (Å²) in [6.07, 6.45) is 0. The molecule has 4 rings (SSSR count). The number of benzene rings is 2. The predicted octanol–water partition coefficient (Wildman–Crippen LogP) is 3.56. The number of piperazine rings is 1. The maximum atomic E-state index is 13.4. The van der Waals surface area contributed by atoms with E-state index in [0.29, 0.717) is 30.3 Å². The smallest absolute Gasteiger partial charge is 0.281 e. The monoisotopic (exact) mass is 485 g/mol. The highest BCUT2D eigenvalue weighted by Crippen LogP contribution is 2.37. The Kier molecular flexibility index (Phi) is 7.14. The summed E-state index contributed by atoms with van der Waals surface area (Å²) in [4.78, 5) is 16.6.